The van der Waals surface area contributed by atoms with Crippen LogP contribution in [0.4, 0.5) is 0 Å². The predicted octanol–water partition coefficient (Wildman–Crippen LogP) is 2.59. The minimum Gasteiger partial charge on any atom is -0.313 e. The average molecular weight is 360 g/mol. The molecule has 0 bridgehead atoms. The molecule has 2 N–H and O–H groups in total. The summed E-state index contributed by atoms with van der Waals surface area (Å²) < 4.78 is 26.5. The van der Waals surface area contributed by atoms with Crippen molar-refractivity contribution in [2.75, 3.05) is 13.1 Å². The van der Waals surface area contributed by atoms with Crippen molar-refractivity contribution in [3.05, 3.63) is 33.8 Å². The van der Waals surface area contributed by atoms with Crippen LogP contribution in [0.5, 0.6) is 0 Å². The molecule has 8 heteroatoms. The summed E-state index contributed by atoms with van der Waals surface area (Å²) in [5, 5.41) is 4.12. The van der Waals surface area contributed by atoms with E-state index in [1.165, 1.54) is 0 Å². The number of hydrogen-bond donors (Lipinski definition) is 2. The maximum absolute atomic E-state index is 12.0. The van der Waals surface area contributed by atoms with Crippen LogP contribution in [-0.4, -0.2) is 27.5 Å². The molecule has 20 heavy (non-hydrogen) atoms. The van der Waals surface area contributed by atoms with Gasteiger partial charge in [-0.05, 0) is 43.1 Å². The molecule has 1 heterocycles. The standard InChI is InChI=1S/C12H16Cl2N2O2S.ClH/c13-10-4-9(5-11(14)6-10)8-19(17,18)16-7-12-2-1-3-15-12;/h4-6,12,15-16H,1-3,7-8H2;1H. The quantitative estimate of drug-likeness (QED) is 0.849. The lowest BCUT2D eigenvalue weighted by molar-refractivity contribution is 0.551. The van der Waals surface area contributed by atoms with Crippen molar-refractivity contribution in [1.82, 2.24) is 10.0 Å². The monoisotopic (exact) mass is 358 g/mol. The topological polar surface area (TPSA) is 58.2 Å². The number of benzene rings is 1. The van der Waals surface area contributed by atoms with E-state index in [-0.39, 0.29) is 24.2 Å². The summed E-state index contributed by atoms with van der Waals surface area (Å²) in [6.45, 7) is 1.38. The Bertz CT molecular complexity index is 525. The minimum absolute atomic E-state index is 0. The van der Waals surface area contributed by atoms with E-state index in [4.69, 9.17) is 23.2 Å². The maximum atomic E-state index is 12.0. The van der Waals surface area contributed by atoms with Gasteiger partial charge in [0.1, 0.15) is 0 Å². The summed E-state index contributed by atoms with van der Waals surface area (Å²) in [4.78, 5) is 0. The highest BCUT2D eigenvalue weighted by Crippen LogP contribution is 2.20. The second-order valence-corrected chi connectivity index (χ2v) is 7.36. The smallest absolute Gasteiger partial charge is 0.215 e. The van der Waals surface area contributed by atoms with Crippen molar-refractivity contribution in [2.24, 2.45) is 0 Å². The van der Waals surface area contributed by atoms with Gasteiger partial charge in [-0.2, -0.15) is 0 Å². The first-order chi connectivity index (χ1) is 8.94. The molecule has 1 aliphatic rings. The number of halogens is 3. The van der Waals surface area contributed by atoms with Crippen molar-refractivity contribution < 1.29 is 8.42 Å². The zero-order valence-electron chi connectivity index (χ0n) is 10.7. The van der Waals surface area contributed by atoms with Crippen LogP contribution in [0.25, 0.3) is 0 Å². The lowest BCUT2D eigenvalue weighted by Crippen LogP contribution is -2.37. The van der Waals surface area contributed by atoms with Crippen LogP contribution >= 0.6 is 35.6 Å². The number of rotatable bonds is 5. The van der Waals surface area contributed by atoms with Gasteiger partial charge in [0.25, 0.3) is 0 Å². The molecular weight excluding hydrogens is 343 g/mol. The van der Waals surface area contributed by atoms with E-state index in [0.717, 1.165) is 19.4 Å². The van der Waals surface area contributed by atoms with Crippen molar-refractivity contribution in [3.8, 4) is 0 Å². The molecule has 1 aromatic carbocycles. The Morgan fingerprint density at radius 3 is 2.45 bits per heavy atom. The summed E-state index contributed by atoms with van der Waals surface area (Å²) in [7, 11) is -3.36. The lowest BCUT2D eigenvalue weighted by Gasteiger charge is -2.12. The molecule has 0 amide bonds. The Hall–Kier alpha value is -0.0400. The zero-order chi connectivity index (χ0) is 13.9. The van der Waals surface area contributed by atoms with Crippen LogP contribution in [-0.2, 0) is 15.8 Å². The van der Waals surface area contributed by atoms with Crippen molar-refractivity contribution >= 4 is 45.6 Å². The first-order valence-electron chi connectivity index (χ1n) is 6.10. The van der Waals surface area contributed by atoms with Crippen LogP contribution in [0.1, 0.15) is 18.4 Å². The van der Waals surface area contributed by atoms with Crippen LogP contribution in [0.15, 0.2) is 18.2 Å². The second kappa shape index (κ2) is 7.82. The zero-order valence-corrected chi connectivity index (χ0v) is 13.9. The third-order valence-electron chi connectivity index (χ3n) is 2.99. The molecule has 0 aliphatic carbocycles. The molecule has 0 radical (unpaired) electrons. The number of sulfonamides is 1. The van der Waals surface area contributed by atoms with Gasteiger partial charge in [0.05, 0.1) is 5.75 Å². The Morgan fingerprint density at radius 2 is 1.90 bits per heavy atom. The van der Waals surface area contributed by atoms with Gasteiger partial charge in [-0.1, -0.05) is 23.2 Å². The van der Waals surface area contributed by atoms with E-state index >= 15 is 0 Å². The van der Waals surface area contributed by atoms with Crippen molar-refractivity contribution in [3.63, 3.8) is 0 Å². The van der Waals surface area contributed by atoms with E-state index in [2.05, 4.69) is 10.0 Å². The molecule has 114 valence electrons. The molecule has 0 aromatic heterocycles. The summed E-state index contributed by atoms with van der Waals surface area (Å²) >= 11 is 11.7. The first-order valence-corrected chi connectivity index (χ1v) is 8.51. The highest BCUT2D eigenvalue weighted by Gasteiger charge is 2.18. The van der Waals surface area contributed by atoms with Gasteiger partial charge < -0.3 is 5.32 Å². The maximum Gasteiger partial charge on any atom is 0.215 e. The Labute approximate surface area is 135 Å². The predicted molar refractivity (Wildman–Crippen MR) is 85.4 cm³/mol. The Morgan fingerprint density at radius 1 is 1.25 bits per heavy atom. The summed E-state index contributed by atoms with van der Waals surface area (Å²) in [6, 6.07) is 5.04. The fourth-order valence-corrected chi connectivity index (χ4v) is 3.86. The van der Waals surface area contributed by atoms with Gasteiger partial charge in [0.2, 0.25) is 10.0 Å². The number of hydrogen-bond acceptors (Lipinski definition) is 3. The SMILES string of the molecule is Cl.O=S(=O)(Cc1cc(Cl)cc(Cl)c1)NCC1CCCN1. The fraction of sp³-hybridized carbons (Fsp3) is 0.500. The minimum atomic E-state index is -3.36. The van der Waals surface area contributed by atoms with E-state index in [1.54, 1.807) is 18.2 Å². The van der Waals surface area contributed by atoms with Gasteiger partial charge in [-0.15, -0.1) is 12.4 Å². The van der Waals surface area contributed by atoms with Gasteiger partial charge in [-0.25, -0.2) is 13.1 Å². The normalized spacial score (nSPS) is 18.8. The van der Waals surface area contributed by atoms with Gasteiger partial charge in [0.15, 0.2) is 0 Å². The van der Waals surface area contributed by atoms with Crippen LogP contribution in [0, 0.1) is 0 Å². The average Bonchev–Trinajstić information content (AvgIpc) is 2.77. The number of nitrogens with one attached hydrogen (secondary N) is 2. The molecule has 2 rings (SSSR count). The van der Waals surface area contributed by atoms with Crippen molar-refractivity contribution in [2.45, 2.75) is 24.6 Å². The molecule has 1 aliphatic heterocycles. The summed E-state index contributed by atoms with van der Waals surface area (Å²) in [5.74, 6) is -0.111. The summed E-state index contributed by atoms with van der Waals surface area (Å²) in [5.41, 5.74) is 0.587. The molecule has 0 saturated carbocycles. The second-order valence-electron chi connectivity index (χ2n) is 4.68. The summed E-state index contributed by atoms with van der Waals surface area (Å²) in [6.07, 6.45) is 2.10. The largest absolute Gasteiger partial charge is 0.313 e. The van der Waals surface area contributed by atoms with Gasteiger partial charge >= 0.3 is 0 Å². The molecule has 1 atom stereocenters. The van der Waals surface area contributed by atoms with Gasteiger partial charge in [-0.3, -0.25) is 0 Å². The van der Waals surface area contributed by atoms with E-state index < -0.39 is 10.0 Å². The molecular formula is C12H17Cl3N2O2S. The third-order valence-corrected chi connectivity index (χ3v) is 4.75. The van der Waals surface area contributed by atoms with E-state index in [0.29, 0.717) is 22.2 Å². The molecule has 1 fully saturated rings. The van der Waals surface area contributed by atoms with Gasteiger partial charge in [0, 0.05) is 22.6 Å². The third kappa shape index (κ3) is 5.76. The molecule has 0 spiro atoms. The molecule has 4 nitrogen and oxygen atoms in total. The lowest BCUT2D eigenvalue weighted by atomic mass is 10.2. The fourth-order valence-electron chi connectivity index (χ4n) is 2.12. The highest BCUT2D eigenvalue weighted by atomic mass is 35.5. The molecule has 1 aromatic rings. The van der Waals surface area contributed by atoms with Crippen LogP contribution in [0.2, 0.25) is 10.0 Å². The highest BCUT2D eigenvalue weighted by molar-refractivity contribution is 7.88. The Balaban J connectivity index is 0.00000200. The van der Waals surface area contributed by atoms with E-state index in [1.807, 2.05) is 0 Å². The van der Waals surface area contributed by atoms with Crippen LogP contribution in [0.3, 0.4) is 0 Å². The first kappa shape index (κ1) is 18.0. The molecule has 1 unspecified atom stereocenters. The van der Waals surface area contributed by atoms with Crippen molar-refractivity contribution in [1.29, 1.82) is 0 Å². The van der Waals surface area contributed by atoms with E-state index in [9.17, 15) is 8.42 Å². The molecule has 1 saturated heterocycles. The van der Waals surface area contributed by atoms with Crippen LogP contribution < -0.4 is 10.0 Å². The Kier molecular flexibility index (Phi) is 7.04.